The highest BCUT2D eigenvalue weighted by Crippen LogP contribution is 2.30. The zero-order valence-electron chi connectivity index (χ0n) is 19.1. The van der Waals surface area contributed by atoms with E-state index in [9.17, 15) is 4.79 Å². The van der Waals surface area contributed by atoms with Gasteiger partial charge in [0.1, 0.15) is 5.82 Å². The maximum Gasteiger partial charge on any atom is 0.258 e. The Labute approximate surface area is 219 Å². The first-order chi connectivity index (χ1) is 17.6. The van der Waals surface area contributed by atoms with Gasteiger partial charge in [-0.2, -0.15) is 0 Å². The molecule has 1 N–H and O–H groups in total. The second-order valence-electron chi connectivity index (χ2n) is 8.07. The van der Waals surface area contributed by atoms with Crippen LogP contribution in [0, 0.1) is 0 Å². The molecule has 7 heteroatoms. The third-order valence-corrected chi connectivity index (χ3v) is 6.34. The van der Waals surface area contributed by atoms with Gasteiger partial charge in [-0.3, -0.25) is 15.0 Å². The molecule has 2 heterocycles. The fourth-order valence-electron chi connectivity index (χ4n) is 3.94. The molecule has 0 aliphatic carbocycles. The second kappa shape index (κ2) is 10.6. The average molecular weight is 509 g/mol. The molecule has 3 aromatic carbocycles. The number of pyridine rings is 2. The molecule has 5 aromatic rings. The van der Waals surface area contributed by atoms with Crippen molar-refractivity contribution in [1.82, 2.24) is 15.3 Å². The van der Waals surface area contributed by atoms with Crippen molar-refractivity contribution in [2.24, 2.45) is 0 Å². The van der Waals surface area contributed by atoms with E-state index in [0.29, 0.717) is 34.2 Å². The van der Waals surface area contributed by atoms with E-state index in [4.69, 9.17) is 28.8 Å². The number of aromatic nitrogens is 2. The zero-order valence-corrected chi connectivity index (χ0v) is 20.7. The van der Waals surface area contributed by atoms with Crippen LogP contribution in [0.3, 0.4) is 0 Å². The number of carbonyl (C=O) groups excluding carboxylic acids is 1. The number of halogens is 1. The molecule has 0 atom stereocenters. The largest absolute Gasteiger partial charge is 0.299 e. The molecule has 0 saturated heterocycles. The third-order valence-electron chi connectivity index (χ3n) is 5.69. The van der Waals surface area contributed by atoms with E-state index in [1.165, 1.54) is 0 Å². The molecule has 0 aliphatic heterocycles. The zero-order chi connectivity index (χ0) is 24.9. The van der Waals surface area contributed by atoms with Crippen LogP contribution in [0.2, 0.25) is 5.02 Å². The Bertz CT molecular complexity index is 1540. The number of hydrogen-bond donors (Lipinski definition) is 1. The van der Waals surface area contributed by atoms with Gasteiger partial charge in [0.2, 0.25) is 0 Å². The number of rotatable bonds is 5. The molecule has 1 amide bonds. The van der Waals surface area contributed by atoms with Crippen molar-refractivity contribution in [2.75, 3.05) is 4.90 Å². The van der Waals surface area contributed by atoms with Gasteiger partial charge in [0.15, 0.2) is 5.11 Å². The van der Waals surface area contributed by atoms with Gasteiger partial charge in [0, 0.05) is 22.2 Å². The van der Waals surface area contributed by atoms with Gasteiger partial charge in [-0.05, 0) is 48.1 Å². The normalized spacial score (nSPS) is 10.7. The molecule has 0 fully saturated rings. The predicted octanol–water partition coefficient (Wildman–Crippen LogP) is 6.67. The van der Waals surface area contributed by atoms with E-state index in [0.717, 1.165) is 16.5 Å². The Hall–Kier alpha value is -4.13. The van der Waals surface area contributed by atoms with E-state index >= 15 is 0 Å². The number of anilines is 1. The van der Waals surface area contributed by atoms with Crippen LogP contribution < -0.4 is 10.2 Å². The summed E-state index contributed by atoms with van der Waals surface area (Å²) >= 11 is 12.2. The van der Waals surface area contributed by atoms with Crippen molar-refractivity contribution >= 4 is 51.6 Å². The van der Waals surface area contributed by atoms with Crippen LogP contribution >= 0.6 is 23.8 Å². The molecule has 176 valence electrons. The van der Waals surface area contributed by atoms with Crippen LogP contribution in [0.5, 0.6) is 0 Å². The highest BCUT2D eigenvalue weighted by atomic mass is 35.5. The maximum atomic E-state index is 13.6. The Balaban J connectivity index is 1.50. The number of fused-ring (bicyclic) bond motifs is 1. The first-order valence-electron chi connectivity index (χ1n) is 11.3. The van der Waals surface area contributed by atoms with Crippen molar-refractivity contribution in [3.8, 4) is 11.3 Å². The second-order valence-corrected chi connectivity index (χ2v) is 8.86. The molecule has 0 radical (unpaired) electrons. The number of para-hydroxylation sites is 1. The molecule has 5 rings (SSSR count). The summed E-state index contributed by atoms with van der Waals surface area (Å²) in [6, 6.07) is 32.2. The monoisotopic (exact) mass is 508 g/mol. The Kier molecular flexibility index (Phi) is 6.98. The summed E-state index contributed by atoms with van der Waals surface area (Å²) < 4.78 is 0. The van der Waals surface area contributed by atoms with Crippen molar-refractivity contribution in [2.45, 2.75) is 6.54 Å². The Morgan fingerprint density at radius 3 is 2.39 bits per heavy atom. The summed E-state index contributed by atoms with van der Waals surface area (Å²) in [5.74, 6) is 0.309. The van der Waals surface area contributed by atoms with Crippen LogP contribution in [-0.4, -0.2) is 21.0 Å². The van der Waals surface area contributed by atoms with Crippen molar-refractivity contribution < 1.29 is 4.79 Å². The fraction of sp³-hybridized carbons (Fsp3) is 0.0345. The van der Waals surface area contributed by atoms with E-state index in [1.54, 1.807) is 23.2 Å². The van der Waals surface area contributed by atoms with Gasteiger partial charge in [-0.15, -0.1) is 0 Å². The summed E-state index contributed by atoms with van der Waals surface area (Å²) in [6.45, 7) is 0.457. The van der Waals surface area contributed by atoms with Gasteiger partial charge >= 0.3 is 0 Å². The van der Waals surface area contributed by atoms with E-state index < -0.39 is 0 Å². The molecule has 5 nitrogen and oxygen atoms in total. The highest BCUT2D eigenvalue weighted by molar-refractivity contribution is 7.80. The Morgan fingerprint density at radius 2 is 1.61 bits per heavy atom. The van der Waals surface area contributed by atoms with Crippen LogP contribution in [0.15, 0.2) is 109 Å². The summed E-state index contributed by atoms with van der Waals surface area (Å²) in [4.78, 5) is 24.6. The number of benzene rings is 3. The molecule has 0 spiro atoms. The molecule has 0 aliphatic rings. The van der Waals surface area contributed by atoms with Gasteiger partial charge in [-0.25, -0.2) is 9.97 Å². The summed E-state index contributed by atoms with van der Waals surface area (Å²) in [7, 11) is 0. The molecular weight excluding hydrogens is 488 g/mol. The first-order valence-corrected chi connectivity index (χ1v) is 12.1. The minimum atomic E-state index is -0.333. The molecule has 36 heavy (non-hydrogen) atoms. The van der Waals surface area contributed by atoms with Gasteiger partial charge in [0.05, 0.1) is 23.3 Å². The SMILES string of the molecule is O=C(NC(=S)N(Cc1ccccc1)c1ccccn1)c1cc(-c2ccccc2Cl)nc2ccccc12. The number of nitrogens with zero attached hydrogens (tertiary/aromatic N) is 3. The highest BCUT2D eigenvalue weighted by Gasteiger charge is 2.20. The van der Waals surface area contributed by atoms with Crippen molar-refractivity contribution in [3.05, 3.63) is 125 Å². The molecule has 0 saturated carbocycles. The lowest BCUT2D eigenvalue weighted by molar-refractivity contribution is 0.0978. The van der Waals surface area contributed by atoms with Gasteiger partial charge in [-0.1, -0.05) is 84.4 Å². The van der Waals surface area contributed by atoms with Crippen LogP contribution in [0.1, 0.15) is 15.9 Å². The van der Waals surface area contributed by atoms with E-state index in [2.05, 4.69) is 10.3 Å². The molecule has 0 bridgehead atoms. The van der Waals surface area contributed by atoms with Gasteiger partial charge in [0.25, 0.3) is 5.91 Å². The summed E-state index contributed by atoms with van der Waals surface area (Å²) in [6.07, 6.45) is 1.70. The standard InChI is InChI=1S/C29H21ClN4OS/c30-24-14-6-4-13-22(24)26-18-23(21-12-5-7-15-25(21)32-26)28(35)33-29(36)34(27-16-8-9-17-31-27)19-20-10-2-1-3-11-20/h1-18H,19H2,(H,33,35,36). The maximum absolute atomic E-state index is 13.6. The predicted molar refractivity (Wildman–Crippen MR) is 149 cm³/mol. The smallest absolute Gasteiger partial charge is 0.258 e. The third kappa shape index (κ3) is 5.10. The van der Waals surface area contributed by atoms with Crippen LogP contribution in [-0.2, 0) is 6.54 Å². The number of amides is 1. The number of nitrogens with one attached hydrogen (secondary N) is 1. The lowest BCUT2D eigenvalue weighted by Crippen LogP contribution is -2.43. The summed E-state index contributed by atoms with van der Waals surface area (Å²) in [5, 5.41) is 4.46. The van der Waals surface area contributed by atoms with Crippen LogP contribution in [0.4, 0.5) is 5.82 Å². The number of hydrogen-bond acceptors (Lipinski definition) is 4. The minimum Gasteiger partial charge on any atom is -0.299 e. The number of carbonyl (C=O) groups is 1. The van der Waals surface area contributed by atoms with Crippen LogP contribution in [0.25, 0.3) is 22.2 Å². The lowest BCUT2D eigenvalue weighted by atomic mass is 10.0. The van der Waals surface area contributed by atoms with Crippen molar-refractivity contribution in [3.63, 3.8) is 0 Å². The molecule has 0 unspecified atom stereocenters. The topological polar surface area (TPSA) is 58.1 Å². The average Bonchev–Trinajstić information content (AvgIpc) is 2.92. The minimum absolute atomic E-state index is 0.253. The lowest BCUT2D eigenvalue weighted by Gasteiger charge is -2.24. The quantitative estimate of drug-likeness (QED) is 0.269. The fourth-order valence-corrected chi connectivity index (χ4v) is 4.42. The van der Waals surface area contributed by atoms with Crippen molar-refractivity contribution in [1.29, 1.82) is 0 Å². The Morgan fingerprint density at radius 1 is 0.889 bits per heavy atom. The number of thiocarbonyl (C=S) groups is 1. The first kappa shape index (κ1) is 23.6. The molecular formula is C29H21ClN4OS. The summed E-state index contributed by atoms with van der Waals surface area (Å²) in [5.41, 5.74) is 3.55. The molecule has 2 aromatic heterocycles. The van der Waals surface area contributed by atoms with E-state index in [1.807, 2.05) is 91.0 Å². The van der Waals surface area contributed by atoms with E-state index in [-0.39, 0.29) is 11.0 Å². The van der Waals surface area contributed by atoms with Gasteiger partial charge < -0.3 is 0 Å².